The summed E-state index contributed by atoms with van der Waals surface area (Å²) in [5.41, 5.74) is 1.32. The average molecular weight is 293 g/mol. The summed E-state index contributed by atoms with van der Waals surface area (Å²) < 4.78 is 5.28. The number of rotatable bonds is 6. The van der Waals surface area contributed by atoms with E-state index < -0.39 is 0 Å². The summed E-state index contributed by atoms with van der Waals surface area (Å²) >= 11 is 3.27. The normalized spacial score (nSPS) is 14.3. The highest BCUT2D eigenvalue weighted by molar-refractivity contribution is 8.01. The fourth-order valence-electron chi connectivity index (χ4n) is 1.99. The zero-order chi connectivity index (χ0) is 13.7. The van der Waals surface area contributed by atoms with Crippen LogP contribution in [0.4, 0.5) is 0 Å². The number of aromatic nitrogens is 2. The van der Waals surface area contributed by atoms with E-state index in [-0.39, 0.29) is 0 Å². The minimum Gasteiger partial charge on any atom is -0.309 e. The van der Waals surface area contributed by atoms with E-state index in [1.54, 1.807) is 11.8 Å². The van der Waals surface area contributed by atoms with Crippen molar-refractivity contribution in [2.24, 2.45) is 0 Å². The number of nitrogens with one attached hydrogen (secondary N) is 1. The van der Waals surface area contributed by atoms with Crippen molar-refractivity contribution in [2.45, 2.75) is 36.4 Å². The highest BCUT2D eigenvalue weighted by atomic mass is 32.2. The lowest BCUT2D eigenvalue weighted by Crippen LogP contribution is -2.28. The summed E-state index contributed by atoms with van der Waals surface area (Å²) in [5, 5.41) is 3.97. The van der Waals surface area contributed by atoms with E-state index in [1.165, 1.54) is 17.1 Å². The molecule has 0 saturated heterocycles. The van der Waals surface area contributed by atoms with Gasteiger partial charge in [0.25, 0.3) is 0 Å². The van der Waals surface area contributed by atoms with E-state index in [2.05, 4.69) is 58.9 Å². The second-order valence-corrected chi connectivity index (χ2v) is 6.75. The first-order valence-electron chi connectivity index (χ1n) is 6.46. The second-order valence-electron chi connectivity index (χ2n) is 4.38. The van der Waals surface area contributed by atoms with Gasteiger partial charge in [0.05, 0.1) is 0 Å². The Labute approximate surface area is 123 Å². The third kappa shape index (κ3) is 4.03. The van der Waals surface area contributed by atoms with Crippen LogP contribution >= 0.6 is 23.3 Å². The Bertz CT molecular complexity index is 498. The monoisotopic (exact) mass is 293 g/mol. The van der Waals surface area contributed by atoms with Gasteiger partial charge < -0.3 is 5.32 Å². The molecule has 102 valence electrons. The topological polar surface area (TPSA) is 37.8 Å². The van der Waals surface area contributed by atoms with Gasteiger partial charge in [0.1, 0.15) is 5.82 Å². The lowest BCUT2D eigenvalue weighted by atomic mass is 10.0. The van der Waals surface area contributed by atoms with Gasteiger partial charge in [0.15, 0.2) is 4.34 Å². The summed E-state index contributed by atoms with van der Waals surface area (Å²) in [6, 6.07) is 10.9. The lowest BCUT2D eigenvalue weighted by molar-refractivity contribution is 0.548. The predicted molar refractivity (Wildman–Crippen MR) is 82.8 cm³/mol. The molecule has 1 heterocycles. The highest BCUT2D eigenvalue weighted by Gasteiger charge is 2.20. The number of hydrogen-bond acceptors (Lipinski definition) is 5. The zero-order valence-corrected chi connectivity index (χ0v) is 13.1. The van der Waals surface area contributed by atoms with Gasteiger partial charge in [-0.05, 0) is 30.6 Å². The van der Waals surface area contributed by atoms with Crippen molar-refractivity contribution in [1.29, 1.82) is 0 Å². The number of hydrogen-bond donors (Lipinski definition) is 1. The third-order valence-corrected chi connectivity index (χ3v) is 4.90. The van der Waals surface area contributed by atoms with Gasteiger partial charge in [-0.2, -0.15) is 4.37 Å². The first-order valence-corrected chi connectivity index (χ1v) is 8.11. The van der Waals surface area contributed by atoms with Crippen LogP contribution < -0.4 is 5.32 Å². The number of aryl methyl sites for hydroxylation is 1. The molecule has 1 N–H and O–H groups in total. The van der Waals surface area contributed by atoms with E-state index in [1.807, 2.05) is 6.92 Å². The maximum absolute atomic E-state index is 4.43. The van der Waals surface area contributed by atoms with Crippen molar-refractivity contribution in [3.8, 4) is 0 Å². The van der Waals surface area contributed by atoms with E-state index in [9.17, 15) is 0 Å². The molecule has 19 heavy (non-hydrogen) atoms. The van der Waals surface area contributed by atoms with Gasteiger partial charge in [-0.1, -0.05) is 55.9 Å². The highest BCUT2D eigenvalue weighted by Crippen LogP contribution is 2.32. The van der Waals surface area contributed by atoms with Crippen molar-refractivity contribution >= 4 is 23.3 Å². The van der Waals surface area contributed by atoms with Crippen LogP contribution in [0.5, 0.6) is 0 Å². The fraction of sp³-hybridized carbons (Fsp3) is 0.429. The van der Waals surface area contributed by atoms with E-state index in [4.69, 9.17) is 0 Å². The SMILES string of the molecule is CCNC(c1ccccc1)C(C)Sc1nc(C)ns1. The maximum Gasteiger partial charge on any atom is 0.170 e. The summed E-state index contributed by atoms with van der Waals surface area (Å²) in [4.78, 5) is 4.43. The first kappa shape index (κ1) is 14.5. The van der Waals surface area contributed by atoms with Crippen molar-refractivity contribution in [3.05, 3.63) is 41.7 Å². The molecule has 0 amide bonds. The largest absolute Gasteiger partial charge is 0.309 e. The first-order chi connectivity index (χ1) is 9.20. The van der Waals surface area contributed by atoms with Gasteiger partial charge in [-0.25, -0.2) is 4.98 Å². The van der Waals surface area contributed by atoms with Crippen LogP contribution in [0.3, 0.4) is 0 Å². The molecule has 1 aromatic carbocycles. The van der Waals surface area contributed by atoms with Gasteiger partial charge in [0.2, 0.25) is 0 Å². The third-order valence-electron chi connectivity index (χ3n) is 2.85. The molecule has 0 aliphatic carbocycles. The fourth-order valence-corrected chi connectivity index (χ4v) is 4.04. The molecule has 0 fully saturated rings. The van der Waals surface area contributed by atoms with Crippen molar-refractivity contribution in [2.75, 3.05) is 6.54 Å². The van der Waals surface area contributed by atoms with Gasteiger partial charge >= 0.3 is 0 Å². The van der Waals surface area contributed by atoms with Crippen LogP contribution in [0.25, 0.3) is 0 Å². The van der Waals surface area contributed by atoms with Crippen LogP contribution in [0.2, 0.25) is 0 Å². The van der Waals surface area contributed by atoms with Crippen LogP contribution in [-0.2, 0) is 0 Å². The molecule has 5 heteroatoms. The Morgan fingerprint density at radius 2 is 2.05 bits per heavy atom. The summed E-state index contributed by atoms with van der Waals surface area (Å²) in [6.07, 6.45) is 0. The van der Waals surface area contributed by atoms with E-state index in [0.717, 1.165) is 16.7 Å². The molecule has 0 radical (unpaired) electrons. The Hall–Kier alpha value is -0.910. The molecular formula is C14H19N3S2. The number of nitrogens with zero attached hydrogens (tertiary/aromatic N) is 2. The smallest absolute Gasteiger partial charge is 0.170 e. The second kappa shape index (κ2) is 7.03. The maximum atomic E-state index is 4.43. The molecule has 0 aliphatic heterocycles. The molecule has 0 spiro atoms. The minimum absolute atomic E-state index is 0.334. The van der Waals surface area contributed by atoms with Crippen molar-refractivity contribution in [1.82, 2.24) is 14.7 Å². The number of benzene rings is 1. The standard InChI is InChI=1S/C14H19N3S2/c1-4-15-13(12-8-6-5-7-9-12)10(2)18-14-16-11(3)17-19-14/h5-10,13,15H,4H2,1-3H3. The Morgan fingerprint density at radius 3 is 2.63 bits per heavy atom. The quantitative estimate of drug-likeness (QED) is 0.825. The molecule has 2 atom stereocenters. The van der Waals surface area contributed by atoms with Gasteiger partial charge in [-0.15, -0.1) is 0 Å². The lowest BCUT2D eigenvalue weighted by Gasteiger charge is -2.24. The van der Waals surface area contributed by atoms with E-state index >= 15 is 0 Å². The van der Waals surface area contributed by atoms with Crippen LogP contribution in [0.1, 0.15) is 31.3 Å². The molecule has 1 aromatic heterocycles. The van der Waals surface area contributed by atoms with Crippen LogP contribution in [0, 0.1) is 6.92 Å². The summed E-state index contributed by atoms with van der Waals surface area (Å²) in [7, 11) is 0. The summed E-state index contributed by atoms with van der Waals surface area (Å²) in [6.45, 7) is 7.27. The molecular weight excluding hydrogens is 274 g/mol. The Kier molecular flexibility index (Phi) is 5.36. The molecule has 0 saturated carbocycles. The van der Waals surface area contributed by atoms with Crippen molar-refractivity contribution < 1.29 is 0 Å². The molecule has 2 rings (SSSR count). The Morgan fingerprint density at radius 1 is 1.32 bits per heavy atom. The van der Waals surface area contributed by atoms with Crippen LogP contribution in [0.15, 0.2) is 34.7 Å². The molecule has 0 bridgehead atoms. The molecule has 3 nitrogen and oxygen atoms in total. The average Bonchev–Trinajstić information content (AvgIpc) is 2.82. The molecule has 0 aliphatic rings. The number of thioether (sulfide) groups is 1. The van der Waals surface area contributed by atoms with Crippen LogP contribution in [-0.4, -0.2) is 21.2 Å². The van der Waals surface area contributed by atoms with Gasteiger partial charge in [-0.3, -0.25) is 0 Å². The van der Waals surface area contributed by atoms with Crippen molar-refractivity contribution in [3.63, 3.8) is 0 Å². The summed E-state index contributed by atoms with van der Waals surface area (Å²) in [5.74, 6) is 0.861. The van der Waals surface area contributed by atoms with Gasteiger partial charge in [0, 0.05) is 11.3 Å². The zero-order valence-electron chi connectivity index (χ0n) is 11.5. The minimum atomic E-state index is 0.334. The molecule has 2 unspecified atom stereocenters. The van der Waals surface area contributed by atoms with E-state index in [0.29, 0.717) is 11.3 Å². The molecule has 2 aromatic rings. The Balaban J connectivity index is 2.10. The predicted octanol–water partition coefficient (Wildman–Crippen LogP) is 3.68.